The van der Waals surface area contributed by atoms with Gasteiger partial charge < -0.3 is 26.9 Å². The van der Waals surface area contributed by atoms with Gasteiger partial charge in [0.05, 0.1) is 18.0 Å². The van der Waals surface area contributed by atoms with Gasteiger partial charge in [0.15, 0.2) is 12.1 Å². The molecule has 2 atom stereocenters. The summed E-state index contributed by atoms with van der Waals surface area (Å²) in [7, 11) is 0. The molecule has 1 aromatic heterocycles. The van der Waals surface area contributed by atoms with E-state index in [9.17, 15) is 18.4 Å². The molecule has 190 valence electrons. The summed E-state index contributed by atoms with van der Waals surface area (Å²) in [6.45, 7) is 2.81. The second-order valence-electron chi connectivity index (χ2n) is 9.48. The van der Waals surface area contributed by atoms with E-state index in [4.69, 9.17) is 4.74 Å². The number of thiophene rings is 1. The Hall–Kier alpha value is -2.81. The van der Waals surface area contributed by atoms with Gasteiger partial charge in [-0.1, -0.05) is 24.3 Å². The summed E-state index contributed by atoms with van der Waals surface area (Å²) in [5, 5.41) is 4.96. The van der Waals surface area contributed by atoms with Gasteiger partial charge in [-0.25, -0.2) is 13.6 Å². The van der Waals surface area contributed by atoms with E-state index in [0.717, 1.165) is 30.8 Å². The fraction of sp³-hybridized carbons (Fsp3) is 0.333. The number of hydrogen-bond acceptors (Lipinski definition) is 5. The van der Waals surface area contributed by atoms with Crippen LogP contribution in [0.1, 0.15) is 34.1 Å². The van der Waals surface area contributed by atoms with Gasteiger partial charge in [0.25, 0.3) is 0 Å². The van der Waals surface area contributed by atoms with Crippen LogP contribution >= 0.6 is 11.3 Å². The zero-order chi connectivity index (χ0) is 24.4. The highest BCUT2D eigenvalue weighted by Crippen LogP contribution is 2.37. The van der Waals surface area contributed by atoms with Crippen molar-refractivity contribution in [2.75, 3.05) is 31.5 Å². The maximum Gasteiger partial charge on any atom is 0.333 e. The Morgan fingerprint density at radius 3 is 2.44 bits per heavy atom. The average Bonchev–Trinajstić information content (AvgIpc) is 3.39. The Labute approximate surface area is 219 Å². The van der Waals surface area contributed by atoms with Crippen LogP contribution in [0.5, 0.6) is 0 Å². The number of nitrogens with one attached hydrogen (secondary N) is 1. The number of nitrogens with zero attached hydrogens (tertiary/aromatic N) is 1. The number of quaternary nitrogens is 1. The van der Waals surface area contributed by atoms with E-state index < -0.39 is 23.6 Å². The van der Waals surface area contributed by atoms with Crippen molar-refractivity contribution in [2.45, 2.75) is 25.0 Å². The summed E-state index contributed by atoms with van der Waals surface area (Å²) in [5.74, 6) is -0.963. The molecule has 0 spiro atoms. The third kappa shape index (κ3) is 5.77. The Bertz CT molecular complexity index is 1200. The minimum atomic E-state index is -0.922. The molecule has 1 N–H and O–H groups in total. The molecule has 0 saturated carbocycles. The number of esters is 1. The molecule has 9 heteroatoms. The van der Waals surface area contributed by atoms with E-state index in [1.807, 2.05) is 17.5 Å². The van der Waals surface area contributed by atoms with E-state index in [0.29, 0.717) is 28.8 Å². The number of halogens is 3. The van der Waals surface area contributed by atoms with Gasteiger partial charge in [-0.05, 0) is 47.3 Å². The van der Waals surface area contributed by atoms with Crippen molar-refractivity contribution in [1.29, 1.82) is 0 Å². The van der Waals surface area contributed by atoms with Crippen LogP contribution in [0.15, 0.2) is 66.0 Å². The first-order valence-corrected chi connectivity index (χ1v) is 12.7. The summed E-state index contributed by atoms with van der Waals surface area (Å²) in [6, 6.07) is 14.3. The lowest BCUT2D eigenvalue weighted by Crippen LogP contribution is -3.00. The highest BCUT2D eigenvalue weighted by molar-refractivity contribution is 7.12. The molecule has 36 heavy (non-hydrogen) atoms. The molecule has 0 amide bonds. The molecule has 2 bridgehead atoms. The fourth-order valence-corrected chi connectivity index (χ4v) is 5.95. The second-order valence-corrected chi connectivity index (χ2v) is 10.4. The van der Waals surface area contributed by atoms with Gasteiger partial charge in [0, 0.05) is 24.4 Å². The van der Waals surface area contributed by atoms with Crippen molar-refractivity contribution in [3.05, 3.63) is 88.1 Å². The number of Topliss-reactive ketones (excluding diaryl/α,β-unsaturated/α-hetero) is 1. The third-order valence-corrected chi connectivity index (χ3v) is 8.07. The Kier molecular flexibility index (Phi) is 8.07. The summed E-state index contributed by atoms with van der Waals surface area (Å²) in [4.78, 5) is 27.0. The predicted octanol–water partition coefficient (Wildman–Crippen LogP) is 2.22. The van der Waals surface area contributed by atoms with Crippen LogP contribution < -0.4 is 17.7 Å². The monoisotopic (exact) mass is 532 g/mol. The third-order valence-electron chi connectivity index (χ3n) is 7.16. The lowest BCUT2D eigenvalue weighted by molar-refractivity contribution is -0.938. The molecule has 6 rings (SSSR count). The van der Waals surface area contributed by atoms with Gasteiger partial charge in [-0.15, -0.1) is 11.3 Å². The topological polar surface area (TPSA) is 55.4 Å². The molecule has 1 unspecified atom stereocenters. The summed E-state index contributed by atoms with van der Waals surface area (Å²) >= 11 is 1.45. The van der Waals surface area contributed by atoms with Gasteiger partial charge in [0.1, 0.15) is 24.7 Å². The van der Waals surface area contributed by atoms with Crippen LogP contribution in [-0.4, -0.2) is 48.5 Å². The number of carbonyl (C=O) groups excluding carboxylic acids is 2. The predicted molar refractivity (Wildman–Crippen MR) is 130 cm³/mol. The lowest BCUT2D eigenvalue weighted by atomic mass is 9.83. The minimum Gasteiger partial charge on any atom is -1.00 e. The van der Waals surface area contributed by atoms with Gasteiger partial charge in [0.2, 0.25) is 5.78 Å². The maximum atomic E-state index is 13.8. The number of rotatable bonds is 8. The van der Waals surface area contributed by atoms with Crippen LogP contribution in [0, 0.1) is 17.6 Å². The van der Waals surface area contributed by atoms with Gasteiger partial charge in [-0.3, -0.25) is 4.79 Å². The normalized spacial score (nSPS) is 23.4. The molecule has 4 heterocycles. The molecule has 0 radical (unpaired) electrons. The SMILES string of the molecule is O=C(C[N+]12CCC(CC1)[C@@H](OC(=O)C(Nc1cccc(F)c1)c1ccc(F)cc1)C2)c1cccs1.[Cl-]. The molecular weight excluding hydrogens is 506 g/mol. The summed E-state index contributed by atoms with van der Waals surface area (Å²) in [6.07, 6.45) is 1.49. The summed E-state index contributed by atoms with van der Waals surface area (Å²) in [5.41, 5.74) is 0.953. The Balaban J connectivity index is 0.00000304. The number of benzene rings is 2. The number of fused-ring (bicyclic) bond motifs is 3. The molecule has 2 aromatic carbocycles. The van der Waals surface area contributed by atoms with E-state index in [1.54, 1.807) is 12.1 Å². The number of piperidine rings is 3. The van der Waals surface area contributed by atoms with Gasteiger partial charge >= 0.3 is 5.97 Å². The number of carbonyl (C=O) groups is 2. The standard InChI is InChI=1S/C27H27F2N2O3S.ClH/c28-20-8-6-19(7-9-20)26(30-22-4-1-3-21(29)15-22)27(33)34-24-17-31(12-10-18(24)11-13-31)16-23(32)25-5-2-14-35-25;/h1-9,14-15,18,24,26,30H,10-13,16-17H2;1H/q+1;/p-1/t18?,24-,26?,31?;/m0./s1. The van der Waals surface area contributed by atoms with Crippen molar-refractivity contribution < 1.29 is 40.0 Å². The molecule has 3 saturated heterocycles. The molecule has 3 aromatic rings. The van der Waals surface area contributed by atoms with E-state index in [2.05, 4.69) is 5.32 Å². The largest absolute Gasteiger partial charge is 1.00 e. The molecule has 3 aliphatic rings. The van der Waals surface area contributed by atoms with Crippen LogP contribution in [-0.2, 0) is 9.53 Å². The molecule has 3 fully saturated rings. The van der Waals surface area contributed by atoms with Gasteiger partial charge in [-0.2, -0.15) is 0 Å². The van der Waals surface area contributed by atoms with Crippen molar-refractivity contribution in [1.82, 2.24) is 0 Å². The Morgan fingerprint density at radius 2 is 1.78 bits per heavy atom. The first-order chi connectivity index (χ1) is 16.9. The van der Waals surface area contributed by atoms with Crippen molar-refractivity contribution >= 4 is 28.8 Å². The average molecular weight is 533 g/mol. The number of ketones is 1. The first-order valence-electron chi connectivity index (χ1n) is 11.8. The van der Waals surface area contributed by atoms with E-state index >= 15 is 0 Å². The van der Waals surface area contributed by atoms with Crippen LogP contribution in [0.3, 0.4) is 0 Å². The second kappa shape index (κ2) is 11.1. The summed E-state index contributed by atoms with van der Waals surface area (Å²) < 4.78 is 34.0. The zero-order valence-electron chi connectivity index (χ0n) is 19.5. The molecule has 0 aliphatic carbocycles. The minimum absolute atomic E-state index is 0. The molecular formula is C27H27ClF2N2O3S. The van der Waals surface area contributed by atoms with Crippen LogP contribution in [0.2, 0.25) is 0 Å². The highest BCUT2D eigenvalue weighted by Gasteiger charge is 2.49. The van der Waals surface area contributed by atoms with Crippen LogP contribution in [0.4, 0.5) is 14.5 Å². The smallest absolute Gasteiger partial charge is 0.333 e. The molecule has 5 nitrogen and oxygen atoms in total. The van der Waals surface area contributed by atoms with E-state index in [-0.39, 0.29) is 30.2 Å². The molecule has 3 aliphatic heterocycles. The fourth-order valence-electron chi connectivity index (χ4n) is 5.29. The Morgan fingerprint density at radius 1 is 1.03 bits per heavy atom. The van der Waals surface area contributed by atoms with Crippen LogP contribution in [0.25, 0.3) is 0 Å². The maximum absolute atomic E-state index is 13.8. The lowest BCUT2D eigenvalue weighted by Gasteiger charge is -2.51. The van der Waals surface area contributed by atoms with E-state index in [1.165, 1.54) is 47.7 Å². The number of hydrogen-bond donors (Lipinski definition) is 1. The van der Waals surface area contributed by atoms with Crippen molar-refractivity contribution in [2.24, 2.45) is 5.92 Å². The number of anilines is 1. The zero-order valence-corrected chi connectivity index (χ0v) is 21.1. The number of ether oxygens (including phenoxy) is 1. The van der Waals surface area contributed by atoms with Crippen molar-refractivity contribution in [3.63, 3.8) is 0 Å². The highest BCUT2D eigenvalue weighted by atomic mass is 35.5. The van der Waals surface area contributed by atoms with Crippen molar-refractivity contribution in [3.8, 4) is 0 Å². The quantitative estimate of drug-likeness (QED) is 0.275. The first kappa shape index (κ1) is 26.3.